The van der Waals surface area contributed by atoms with Crippen LogP contribution in [-0.2, 0) is 10.4 Å². The Hall–Kier alpha value is -2.93. The van der Waals surface area contributed by atoms with Crippen LogP contribution in [0.4, 0.5) is 0 Å². The lowest BCUT2D eigenvalue weighted by Gasteiger charge is -2.37. The van der Waals surface area contributed by atoms with Crippen molar-refractivity contribution in [3.05, 3.63) is 41.0 Å². The van der Waals surface area contributed by atoms with E-state index in [0.717, 1.165) is 35.2 Å². The van der Waals surface area contributed by atoms with Crippen LogP contribution in [0, 0.1) is 0 Å². The minimum atomic E-state index is -4.67. The van der Waals surface area contributed by atoms with Crippen LogP contribution >= 0.6 is 0 Å². The molecule has 1 aliphatic carbocycles. The number of aliphatic imine (C=N–C) groups is 1. The molecule has 0 unspecified atom stereocenters. The van der Waals surface area contributed by atoms with Gasteiger partial charge >= 0.3 is 10.4 Å². The molecule has 192 valence electrons. The van der Waals surface area contributed by atoms with Gasteiger partial charge in [0.15, 0.2) is 11.5 Å². The van der Waals surface area contributed by atoms with E-state index in [0.29, 0.717) is 36.3 Å². The van der Waals surface area contributed by atoms with Crippen LogP contribution in [0.25, 0.3) is 0 Å². The van der Waals surface area contributed by atoms with Crippen molar-refractivity contribution in [3.8, 4) is 23.3 Å². The van der Waals surface area contributed by atoms with Crippen molar-refractivity contribution in [1.29, 1.82) is 0 Å². The van der Waals surface area contributed by atoms with E-state index in [-0.39, 0.29) is 18.1 Å². The molecular formula is C23H30N2O9S. The van der Waals surface area contributed by atoms with Crippen LogP contribution < -0.4 is 18.9 Å². The molecule has 1 aromatic heterocycles. The zero-order valence-corrected chi connectivity index (χ0v) is 20.8. The third-order valence-electron chi connectivity index (χ3n) is 5.86. The molecule has 1 aromatic carbocycles. The minimum Gasteiger partial charge on any atom is -0.493 e. The number of fused-ring (bicyclic) bond motifs is 3. The number of pyridine rings is 1. The second-order valence-corrected chi connectivity index (χ2v) is 8.90. The first-order valence-electron chi connectivity index (χ1n) is 11.0. The first-order chi connectivity index (χ1) is 16.6. The zero-order chi connectivity index (χ0) is 25.8. The largest absolute Gasteiger partial charge is 0.493 e. The van der Waals surface area contributed by atoms with Crippen molar-refractivity contribution in [2.75, 3.05) is 27.9 Å². The summed E-state index contributed by atoms with van der Waals surface area (Å²) in [5.74, 6) is 2.43. The van der Waals surface area contributed by atoms with Gasteiger partial charge in [0.25, 0.3) is 0 Å². The summed E-state index contributed by atoms with van der Waals surface area (Å²) in [6.45, 7) is 2.50. The van der Waals surface area contributed by atoms with Gasteiger partial charge in [-0.1, -0.05) is 0 Å². The minimum absolute atomic E-state index is 0.0885. The van der Waals surface area contributed by atoms with Crippen molar-refractivity contribution in [2.45, 2.75) is 44.2 Å². The molecule has 3 atom stereocenters. The Morgan fingerprint density at radius 1 is 1.00 bits per heavy atom. The van der Waals surface area contributed by atoms with Gasteiger partial charge in [-0.05, 0) is 49.9 Å². The van der Waals surface area contributed by atoms with Crippen molar-refractivity contribution in [2.24, 2.45) is 4.99 Å². The summed E-state index contributed by atoms with van der Waals surface area (Å²) in [5, 5.41) is 10.3. The molecule has 1 fully saturated rings. The molecule has 0 amide bonds. The highest BCUT2D eigenvalue weighted by molar-refractivity contribution is 7.79. The first-order valence-corrected chi connectivity index (χ1v) is 12.4. The summed E-state index contributed by atoms with van der Waals surface area (Å²) in [7, 11) is 0.133. The highest BCUT2D eigenvalue weighted by atomic mass is 32.3. The molecule has 1 aliphatic heterocycles. The average molecular weight is 511 g/mol. The van der Waals surface area contributed by atoms with E-state index >= 15 is 0 Å². The topological polar surface area (TPSA) is 157 Å². The Labute approximate surface area is 204 Å². The maximum Gasteiger partial charge on any atom is 0.394 e. The molecule has 3 N–H and O–H groups in total. The zero-order valence-electron chi connectivity index (χ0n) is 20.0. The van der Waals surface area contributed by atoms with Gasteiger partial charge in [-0.15, -0.1) is 0 Å². The lowest BCUT2D eigenvalue weighted by molar-refractivity contribution is 0.111. The number of hydrogen-bond acceptors (Lipinski definition) is 9. The van der Waals surface area contributed by atoms with E-state index in [4.69, 9.17) is 41.5 Å². The van der Waals surface area contributed by atoms with Gasteiger partial charge in [-0.25, -0.2) is 0 Å². The summed E-state index contributed by atoms with van der Waals surface area (Å²) in [6, 6.07) is 7.84. The smallest absolute Gasteiger partial charge is 0.394 e. The molecule has 35 heavy (non-hydrogen) atoms. The summed E-state index contributed by atoms with van der Waals surface area (Å²) >= 11 is 0. The van der Waals surface area contributed by atoms with E-state index in [1.165, 1.54) is 0 Å². The lowest BCUT2D eigenvalue weighted by Crippen LogP contribution is -2.34. The monoisotopic (exact) mass is 510 g/mol. The SMILES string of the molecule is CCOc1cc2c(cc1OC)C(c1ccc(OC)nc1OC)=N[C@@H]1CC[C@@H](O)C[C@H]21.O=S(=O)(O)O. The molecule has 2 aromatic rings. The number of aliphatic hydroxyl groups excluding tert-OH is 1. The molecule has 0 saturated heterocycles. The van der Waals surface area contributed by atoms with Crippen LogP contribution in [0.2, 0.25) is 0 Å². The van der Waals surface area contributed by atoms with E-state index < -0.39 is 10.4 Å². The second-order valence-electron chi connectivity index (χ2n) is 8.00. The Morgan fingerprint density at radius 3 is 2.31 bits per heavy atom. The van der Waals surface area contributed by atoms with Crippen molar-refractivity contribution < 1.29 is 41.6 Å². The molecule has 12 heteroatoms. The Kier molecular flexibility index (Phi) is 8.54. The van der Waals surface area contributed by atoms with Crippen LogP contribution in [0.3, 0.4) is 0 Å². The Bertz CT molecular complexity index is 1180. The third-order valence-corrected chi connectivity index (χ3v) is 5.86. The molecule has 0 bridgehead atoms. The number of aromatic nitrogens is 1. The number of nitrogens with zero attached hydrogens (tertiary/aromatic N) is 2. The Morgan fingerprint density at radius 2 is 1.71 bits per heavy atom. The summed E-state index contributed by atoms with van der Waals surface area (Å²) in [6.07, 6.45) is 1.95. The van der Waals surface area contributed by atoms with Gasteiger partial charge in [-0.3, -0.25) is 14.1 Å². The van der Waals surface area contributed by atoms with E-state index in [2.05, 4.69) is 4.98 Å². The molecule has 4 rings (SSSR count). The molecule has 2 aliphatic rings. The Balaban J connectivity index is 0.000000623. The quantitative estimate of drug-likeness (QED) is 0.494. The van der Waals surface area contributed by atoms with Crippen LogP contribution in [-0.4, -0.2) is 73.4 Å². The number of rotatable bonds is 6. The maximum absolute atomic E-state index is 10.3. The lowest BCUT2D eigenvalue weighted by atomic mass is 9.74. The van der Waals surface area contributed by atoms with Gasteiger partial charge in [0.05, 0.1) is 51.4 Å². The predicted molar refractivity (Wildman–Crippen MR) is 128 cm³/mol. The molecular weight excluding hydrogens is 480 g/mol. The van der Waals surface area contributed by atoms with Gasteiger partial charge < -0.3 is 24.1 Å². The van der Waals surface area contributed by atoms with Crippen molar-refractivity contribution >= 4 is 16.1 Å². The fourth-order valence-corrected chi connectivity index (χ4v) is 4.46. The van der Waals surface area contributed by atoms with Crippen LogP contribution in [0.5, 0.6) is 23.3 Å². The molecule has 1 saturated carbocycles. The van der Waals surface area contributed by atoms with Crippen molar-refractivity contribution in [1.82, 2.24) is 4.98 Å². The normalized spacial score (nSPS) is 20.9. The van der Waals surface area contributed by atoms with E-state index in [1.54, 1.807) is 21.3 Å². The van der Waals surface area contributed by atoms with Crippen LogP contribution in [0.1, 0.15) is 48.8 Å². The molecule has 11 nitrogen and oxygen atoms in total. The second kappa shape index (κ2) is 11.2. The fourth-order valence-electron chi connectivity index (χ4n) is 4.46. The van der Waals surface area contributed by atoms with Gasteiger partial charge in [0.1, 0.15) is 0 Å². The number of hydrogen-bond donors (Lipinski definition) is 3. The summed E-state index contributed by atoms with van der Waals surface area (Å²) in [4.78, 5) is 9.56. The standard InChI is InChI=1S/C23H28N2O5.H2O4S/c1-5-30-20-11-15-16-10-13(26)6-8-18(16)24-22(17(15)12-19(20)27-2)14-7-9-21(28-3)25-23(14)29-4;1-5(2,3)4/h7,9,11-13,16,18,26H,5-6,8,10H2,1-4H3;(H2,1,2,3,4)/t13-,16-,18-;/m1./s1. The molecule has 2 heterocycles. The highest BCUT2D eigenvalue weighted by Gasteiger charge is 2.38. The van der Waals surface area contributed by atoms with E-state index in [1.807, 2.05) is 31.2 Å². The number of methoxy groups -OCH3 is 3. The number of benzene rings is 1. The van der Waals surface area contributed by atoms with E-state index in [9.17, 15) is 5.11 Å². The fraction of sp³-hybridized carbons (Fsp3) is 0.478. The van der Waals surface area contributed by atoms with Gasteiger partial charge in [0.2, 0.25) is 11.8 Å². The molecule has 0 spiro atoms. The number of aliphatic hydroxyl groups is 1. The van der Waals surface area contributed by atoms with Gasteiger partial charge in [-0.2, -0.15) is 13.4 Å². The highest BCUT2D eigenvalue weighted by Crippen LogP contribution is 2.45. The maximum atomic E-state index is 10.3. The average Bonchev–Trinajstić information content (AvgIpc) is 2.82. The predicted octanol–water partition coefficient (Wildman–Crippen LogP) is 2.70. The van der Waals surface area contributed by atoms with Crippen LogP contribution in [0.15, 0.2) is 29.3 Å². The third kappa shape index (κ3) is 6.40. The van der Waals surface area contributed by atoms with Crippen molar-refractivity contribution in [3.63, 3.8) is 0 Å². The summed E-state index contributed by atoms with van der Waals surface area (Å²) in [5.41, 5.74) is 3.69. The first kappa shape index (κ1) is 26.7. The number of ether oxygens (including phenoxy) is 4. The van der Waals surface area contributed by atoms with Gasteiger partial charge in [0, 0.05) is 17.5 Å². The summed E-state index contributed by atoms with van der Waals surface area (Å²) < 4.78 is 53.8. The molecule has 0 radical (unpaired) electrons.